The van der Waals surface area contributed by atoms with E-state index in [1.807, 2.05) is 24.9 Å². The molecule has 0 radical (unpaired) electrons. The molecule has 25 heavy (non-hydrogen) atoms. The normalized spacial score (nSPS) is 14.6. The molecule has 1 saturated heterocycles. The molecule has 0 bridgehead atoms. The molecule has 3 rings (SSSR count). The first-order valence-corrected chi connectivity index (χ1v) is 9.04. The van der Waals surface area contributed by atoms with Crippen molar-refractivity contribution in [2.24, 2.45) is 0 Å². The third kappa shape index (κ3) is 3.92. The van der Waals surface area contributed by atoms with Gasteiger partial charge in [0.15, 0.2) is 0 Å². The van der Waals surface area contributed by atoms with E-state index in [0.717, 1.165) is 35.7 Å². The van der Waals surface area contributed by atoms with E-state index in [-0.39, 0.29) is 0 Å². The fourth-order valence-electron chi connectivity index (χ4n) is 3.02. The van der Waals surface area contributed by atoms with Crippen molar-refractivity contribution < 1.29 is 4.74 Å². The summed E-state index contributed by atoms with van der Waals surface area (Å²) in [4.78, 5) is 0. The summed E-state index contributed by atoms with van der Waals surface area (Å²) in [6.45, 7) is 6.00. The van der Waals surface area contributed by atoms with E-state index >= 15 is 0 Å². The van der Waals surface area contributed by atoms with Gasteiger partial charge >= 0.3 is 0 Å². The van der Waals surface area contributed by atoms with Crippen molar-refractivity contribution >= 4 is 35.2 Å². The van der Waals surface area contributed by atoms with Crippen molar-refractivity contribution in [2.45, 2.75) is 26.7 Å². The molecule has 1 heterocycles. The molecule has 132 valence electrons. The first-order valence-electron chi connectivity index (χ1n) is 8.28. The van der Waals surface area contributed by atoms with Crippen LogP contribution in [-0.4, -0.2) is 24.4 Å². The fraction of sp³-hybridized carbons (Fsp3) is 0.316. The average Bonchev–Trinajstić information content (AvgIpc) is 3.10. The van der Waals surface area contributed by atoms with Crippen LogP contribution in [0.15, 0.2) is 30.3 Å². The van der Waals surface area contributed by atoms with Crippen LogP contribution in [0.1, 0.15) is 24.0 Å². The molecule has 4 nitrogen and oxygen atoms in total. The van der Waals surface area contributed by atoms with Crippen molar-refractivity contribution in [2.75, 3.05) is 18.1 Å². The van der Waals surface area contributed by atoms with Gasteiger partial charge in [-0.15, -0.1) is 0 Å². The number of aryl methyl sites for hydroxylation is 2. The minimum Gasteiger partial charge on any atom is -0.457 e. The van der Waals surface area contributed by atoms with Gasteiger partial charge in [0.1, 0.15) is 17.8 Å². The van der Waals surface area contributed by atoms with Gasteiger partial charge in [0, 0.05) is 19.2 Å². The summed E-state index contributed by atoms with van der Waals surface area (Å²) in [7, 11) is 0. The highest BCUT2D eigenvalue weighted by Gasteiger charge is 2.21. The molecule has 0 aromatic heterocycles. The highest BCUT2D eigenvalue weighted by molar-refractivity contribution is 6.42. The Morgan fingerprint density at radius 2 is 1.76 bits per heavy atom. The van der Waals surface area contributed by atoms with Crippen LogP contribution in [0.25, 0.3) is 0 Å². The predicted molar refractivity (Wildman–Crippen MR) is 105 cm³/mol. The van der Waals surface area contributed by atoms with E-state index in [1.165, 1.54) is 19.2 Å². The molecule has 1 aliphatic rings. The smallest absolute Gasteiger partial charge is 0.130 e. The van der Waals surface area contributed by atoms with Crippen LogP contribution in [0.3, 0.4) is 0 Å². The summed E-state index contributed by atoms with van der Waals surface area (Å²) >= 11 is 12.0. The Morgan fingerprint density at radius 1 is 1.04 bits per heavy atom. The van der Waals surface area contributed by atoms with E-state index in [2.05, 4.69) is 11.1 Å². The second-order valence-corrected chi connectivity index (χ2v) is 7.03. The van der Waals surface area contributed by atoms with Crippen LogP contribution in [0, 0.1) is 19.3 Å². The maximum absolute atomic E-state index is 7.81. The monoisotopic (exact) mass is 377 g/mol. The molecular weight excluding hydrogens is 357 g/mol. The van der Waals surface area contributed by atoms with Crippen molar-refractivity contribution in [3.63, 3.8) is 0 Å². The Labute approximate surface area is 158 Å². The Morgan fingerprint density at radius 3 is 2.40 bits per heavy atom. The minimum absolute atomic E-state index is 0.467. The highest BCUT2D eigenvalue weighted by atomic mass is 35.5. The number of nitrogens with zero attached hydrogens (tertiary/aromatic N) is 2. The van der Waals surface area contributed by atoms with Gasteiger partial charge in [0.25, 0.3) is 0 Å². The van der Waals surface area contributed by atoms with Gasteiger partial charge in [-0.2, -0.15) is 0 Å². The van der Waals surface area contributed by atoms with Crippen molar-refractivity contribution in [1.29, 1.82) is 5.41 Å². The third-order valence-electron chi connectivity index (χ3n) is 4.37. The van der Waals surface area contributed by atoms with E-state index < -0.39 is 0 Å². The number of hydrogen-bond donors (Lipinski definition) is 1. The Bertz CT molecular complexity index is 788. The molecule has 0 saturated carbocycles. The van der Waals surface area contributed by atoms with Crippen molar-refractivity contribution in [3.05, 3.63) is 51.5 Å². The topological polar surface area (TPSA) is 39.6 Å². The maximum Gasteiger partial charge on any atom is 0.130 e. The molecule has 0 spiro atoms. The van der Waals surface area contributed by atoms with Crippen LogP contribution in [0.5, 0.6) is 11.5 Å². The highest BCUT2D eigenvalue weighted by Crippen LogP contribution is 2.34. The zero-order valence-electron chi connectivity index (χ0n) is 14.4. The minimum atomic E-state index is 0.467. The van der Waals surface area contributed by atoms with E-state index in [1.54, 1.807) is 18.2 Å². The van der Waals surface area contributed by atoms with Gasteiger partial charge in [0.2, 0.25) is 0 Å². The lowest BCUT2D eigenvalue weighted by Crippen LogP contribution is -2.40. The van der Waals surface area contributed by atoms with Crippen LogP contribution in [0.4, 0.5) is 5.69 Å². The lowest BCUT2D eigenvalue weighted by atomic mass is 10.1. The number of nitrogens with one attached hydrogen (secondary N) is 1. The van der Waals surface area contributed by atoms with Gasteiger partial charge in [0.05, 0.1) is 15.7 Å². The summed E-state index contributed by atoms with van der Waals surface area (Å²) < 4.78 is 5.99. The van der Waals surface area contributed by atoms with Crippen molar-refractivity contribution in [3.8, 4) is 11.5 Å². The van der Waals surface area contributed by atoms with Crippen molar-refractivity contribution in [1.82, 2.24) is 5.01 Å². The van der Waals surface area contributed by atoms with Gasteiger partial charge in [-0.3, -0.25) is 10.4 Å². The molecule has 0 atom stereocenters. The summed E-state index contributed by atoms with van der Waals surface area (Å²) in [6, 6.07) is 9.29. The van der Waals surface area contributed by atoms with E-state index in [9.17, 15) is 0 Å². The molecule has 0 unspecified atom stereocenters. The molecule has 1 N–H and O–H groups in total. The van der Waals surface area contributed by atoms with Crippen LogP contribution in [-0.2, 0) is 0 Å². The largest absolute Gasteiger partial charge is 0.457 e. The fourth-order valence-corrected chi connectivity index (χ4v) is 3.31. The Hall–Kier alpha value is -1.75. The second-order valence-electron chi connectivity index (χ2n) is 6.22. The van der Waals surface area contributed by atoms with Gasteiger partial charge in [-0.05, 0) is 62.1 Å². The Balaban J connectivity index is 1.88. The SMILES string of the molecule is Cc1cc(N(C=N)N2CCCC2)c(C)cc1Oc1ccc(Cl)c(Cl)c1. The molecule has 0 amide bonds. The zero-order chi connectivity index (χ0) is 18.0. The summed E-state index contributed by atoms with van der Waals surface area (Å²) in [5, 5.41) is 12.9. The molecular formula is C19H21Cl2N3O. The summed E-state index contributed by atoms with van der Waals surface area (Å²) in [5.41, 5.74) is 3.06. The quantitative estimate of drug-likeness (QED) is 0.526. The van der Waals surface area contributed by atoms with Gasteiger partial charge in [-0.1, -0.05) is 23.2 Å². The van der Waals surface area contributed by atoms with Crippen LogP contribution >= 0.6 is 23.2 Å². The molecule has 1 fully saturated rings. The maximum atomic E-state index is 7.81. The average molecular weight is 378 g/mol. The van der Waals surface area contributed by atoms with E-state index in [4.69, 9.17) is 33.3 Å². The molecule has 0 aliphatic carbocycles. The number of hydrogen-bond acceptors (Lipinski definition) is 3. The number of anilines is 1. The van der Waals surface area contributed by atoms with Crippen LogP contribution in [0.2, 0.25) is 10.0 Å². The molecule has 2 aromatic rings. The lowest BCUT2D eigenvalue weighted by Gasteiger charge is -2.31. The summed E-state index contributed by atoms with van der Waals surface area (Å²) in [6.07, 6.45) is 3.72. The molecule has 2 aromatic carbocycles. The number of halogens is 2. The predicted octanol–water partition coefficient (Wildman–Crippen LogP) is 5.83. The van der Waals surface area contributed by atoms with Gasteiger partial charge < -0.3 is 4.74 Å². The number of rotatable bonds is 5. The van der Waals surface area contributed by atoms with Crippen LogP contribution < -0.4 is 9.75 Å². The van der Waals surface area contributed by atoms with E-state index in [0.29, 0.717) is 15.8 Å². The summed E-state index contributed by atoms with van der Waals surface area (Å²) in [5.74, 6) is 1.42. The second kappa shape index (κ2) is 7.65. The van der Waals surface area contributed by atoms with Gasteiger partial charge in [-0.25, -0.2) is 5.01 Å². The molecule has 6 heteroatoms. The lowest BCUT2D eigenvalue weighted by molar-refractivity contribution is 0.356. The first-order chi connectivity index (χ1) is 12.0. The number of hydrazine groups is 1. The number of ether oxygens (including phenoxy) is 1. The third-order valence-corrected chi connectivity index (χ3v) is 5.11. The standard InChI is InChI=1S/C19H21Cl2N3O/c1-13-10-19(25-15-5-6-16(20)17(21)11-15)14(2)9-18(13)24(12-22)23-7-3-4-8-23/h5-6,9-12,22H,3-4,7-8H2,1-2H3. The first kappa shape index (κ1) is 18.1. The number of benzene rings is 2. The zero-order valence-corrected chi connectivity index (χ0v) is 15.9. The Kier molecular flexibility index (Phi) is 5.52. The molecule has 1 aliphatic heterocycles.